The van der Waals surface area contributed by atoms with Crippen LogP contribution in [0, 0.1) is 0 Å². The van der Waals surface area contributed by atoms with E-state index in [0.717, 1.165) is 6.07 Å². The molecule has 1 aromatic carbocycles. The van der Waals surface area contributed by atoms with Gasteiger partial charge in [0, 0.05) is 6.07 Å². The van der Waals surface area contributed by atoms with E-state index < -0.39 is 22.8 Å². The number of nitrogens with two attached hydrogens (primary N) is 1. The van der Waals surface area contributed by atoms with Crippen molar-refractivity contribution in [2.45, 2.75) is 0 Å². The maximum atomic E-state index is 11.3. The monoisotopic (exact) mass is 221 g/mol. The average Bonchev–Trinajstić information content (AvgIpc) is 2.15. The number of phenols is 1. The van der Waals surface area contributed by atoms with Crippen LogP contribution in [0.25, 0.3) is 11.0 Å². The van der Waals surface area contributed by atoms with E-state index in [9.17, 15) is 14.7 Å². The predicted molar refractivity (Wildman–Crippen MR) is 54.3 cm³/mol. The van der Waals surface area contributed by atoms with E-state index >= 15 is 0 Å². The molecule has 2 rings (SSSR count). The van der Waals surface area contributed by atoms with Gasteiger partial charge in [-0.1, -0.05) is 0 Å². The third-order valence-electron chi connectivity index (χ3n) is 2.11. The molecule has 82 valence electrons. The van der Waals surface area contributed by atoms with E-state index in [4.69, 9.17) is 15.3 Å². The van der Waals surface area contributed by atoms with Crippen molar-refractivity contribution in [1.29, 1.82) is 0 Å². The molecule has 0 unspecified atom stereocenters. The van der Waals surface area contributed by atoms with Gasteiger partial charge in [-0.3, -0.25) is 4.79 Å². The third kappa shape index (κ3) is 1.36. The van der Waals surface area contributed by atoms with Crippen molar-refractivity contribution in [1.82, 2.24) is 0 Å². The van der Waals surface area contributed by atoms with Gasteiger partial charge in [-0.05, 0) is 12.1 Å². The number of fused-ring (bicyclic) bond motifs is 1. The lowest BCUT2D eigenvalue weighted by Crippen LogP contribution is -2.21. The van der Waals surface area contributed by atoms with Crippen LogP contribution in [0.1, 0.15) is 10.4 Å². The molecule has 6 heteroatoms. The molecule has 0 aliphatic carbocycles. The number of hydrogen-bond acceptors (Lipinski definition) is 5. The minimum atomic E-state index is -1.07. The molecule has 0 atom stereocenters. The van der Waals surface area contributed by atoms with Crippen molar-refractivity contribution >= 4 is 16.9 Å². The van der Waals surface area contributed by atoms with Gasteiger partial charge in [0.1, 0.15) is 17.1 Å². The Morgan fingerprint density at radius 1 is 1.31 bits per heavy atom. The van der Waals surface area contributed by atoms with E-state index in [-0.39, 0.29) is 16.7 Å². The summed E-state index contributed by atoms with van der Waals surface area (Å²) in [5.74, 6) is -1.73. The highest BCUT2D eigenvalue weighted by atomic mass is 16.4. The lowest BCUT2D eigenvalue weighted by Gasteiger charge is -2.03. The van der Waals surface area contributed by atoms with Crippen LogP contribution < -0.4 is 11.4 Å². The third-order valence-corrected chi connectivity index (χ3v) is 2.11. The van der Waals surface area contributed by atoms with E-state index in [1.165, 1.54) is 12.1 Å². The summed E-state index contributed by atoms with van der Waals surface area (Å²) in [4.78, 5) is 22.2. The number of benzene rings is 1. The Morgan fingerprint density at radius 2 is 2.00 bits per heavy atom. The smallest absolute Gasteiger partial charge is 0.353 e. The quantitative estimate of drug-likeness (QED) is 0.599. The summed E-state index contributed by atoms with van der Waals surface area (Å²) >= 11 is 0. The molecule has 1 heterocycles. The van der Waals surface area contributed by atoms with Crippen LogP contribution in [-0.2, 0) is 0 Å². The molecule has 0 spiro atoms. The minimum absolute atomic E-state index is 0.0208. The van der Waals surface area contributed by atoms with E-state index in [1.54, 1.807) is 0 Å². The number of aromatic hydroxyl groups is 2. The summed E-state index contributed by atoms with van der Waals surface area (Å²) in [5, 5.41) is 18.9. The van der Waals surface area contributed by atoms with Gasteiger partial charge in [0.05, 0.1) is 5.39 Å². The van der Waals surface area contributed by atoms with E-state index in [2.05, 4.69) is 0 Å². The number of primary amides is 1. The molecule has 6 nitrogen and oxygen atoms in total. The van der Waals surface area contributed by atoms with Crippen molar-refractivity contribution in [2.75, 3.05) is 0 Å². The molecule has 0 saturated carbocycles. The van der Waals surface area contributed by atoms with Gasteiger partial charge in [-0.25, -0.2) is 4.79 Å². The fraction of sp³-hybridized carbons (Fsp3) is 0. The van der Waals surface area contributed by atoms with Crippen molar-refractivity contribution < 1.29 is 19.4 Å². The second kappa shape index (κ2) is 3.27. The van der Waals surface area contributed by atoms with E-state index in [1.807, 2.05) is 0 Å². The number of carbonyl (C=O) groups is 1. The zero-order valence-corrected chi connectivity index (χ0v) is 7.93. The molecular formula is C10H7NO5. The Labute approximate surface area is 88.5 Å². The molecule has 2 aromatic rings. The molecule has 0 aliphatic rings. The molecule has 0 aliphatic heterocycles. The fourth-order valence-electron chi connectivity index (χ4n) is 1.39. The zero-order valence-electron chi connectivity index (χ0n) is 7.93. The summed E-state index contributed by atoms with van der Waals surface area (Å²) in [7, 11) is 0. The van der Waals surface area contributed by atoms with Crippen molar-refractivity contribution in [3.05, 3.63) is 34.2 Å². The minimum Gasteiger partial charge on any atom is -0.508 e. The van der Waals surface area contributed by atoms with Gasteiger partial charge in [-0.15, -0.1) is 0 Å². The SMILES string of the molecule is NC(=O)c1c(O)c2ccc(O)cc2oc1=O. The van der Waals surface area contributed by atoms with Gasteiger partial charge >= 0.3 is 5.63 Å². The first kappa shape index (κ1) is 10.0. The van der Waals surface area contributed by atoms with Crippen LogP contribution in [0.3, 0.4) is 0 Å². The maximum absolute atomic E-state index is 11.3. The highest BCUT2D eigenvalue weighted by molar-refractivity contribution is 6.00. The van der Waals surface area contributed by atoms with Gasteiger partial charge in [0.15, 0.2) is 5.56 Å². The summed E-state index contributed by atoms with van der Waals surface area (Å²) in [6.07, 6.45) is 0. The maximum Gasteiger partial charge on any atom is 0.353 e. The van der Waals surface area contributed by atoms with Crippen molar-refractivity contribution in [2.24, 2.45) is 5.73 Å². The van der Waals surface area contributed by atoms with E-state index in [0.29, 0.717) is 0 Å². The molecule has 16 heavy (non-hydrogen) atoms. The number of amides is 1. The normalized spacial score (nSPS) is 10.5. The molecule has 1 aromatic heterocycles. The van der Waals surface area contributed by atoms with Gasteiger partial charge in [0.2, 0.25) is 0 Å². The lowest BCUT2D eigenvalue weighted by molar-refractivity contribution is 0.0994. The molecule has 0 bridgehead atoms. The van der Waals surface area contributed by atoms with Crippen molar-refractivity contribution in [3.63, 3.8) is 0 Å². The Bertz CT molecular complexity index is 643. The summed E-state index contributed by atoms with van der Waals surface area (Å²) in [5.41, 5.74) is 3.27. The van der Waals surface area contributed by atoms with Gasteiger partial charge in [-0.2, -0.15) is 0 Å². The van der Waals surface area contributed by atoms with Gasteiger partial charge < -0.3 is 20.4 Å². The van der Waals surface area contributed by atoms with Gasteiger partial charge in [0.25, 0.3) is 5.91 Å². The molecule has 1 amide bonds. The zero-order chi connectivity index (χ0) is 11.9. The molecule has 0 radical (unpaired) electrons. The lowest BCUT2D eigenvalue weighted by atomic mass is 10.1. The Morgan fingerprint density at radius 3 is 2.62 bits per heavy atom. The largest absolute Gasteiger partial charge is 0.508 e. The fourth-order valence-corrected chi connectivity index (χ4v) is 1.39. The summed E-state index contributed by atoms with van der Waals surface area (Å²) in [6.45, 7) is 0. The second-order valence-corrected chi connectivity index (χ2v) is 3.16. The Hall–Kier alpha value is -2.50. The first-order chi connectivity index (χ1) is 7.50. The molecule has 4 N–H and O–H groups in total. The number of phenolic OH excluding ortho intramolecular Hbond substituents is 1. The number of rotatable bonds is 1. The highest BCUT2D eigenvalue weighted by Crippen LogP contribution is 2.28. The predicted octanol–water partition coefficient (Wildman–Crippen LogP) is 0.303. The van der Waals surface area contributed by atoms with Crippen LogP contribution in [-0.4, -0.2) is 16.1 Å². The highest BCUT2D eigenvalue weighted by Gasteiger charge is 2.18. The summed E-state index contributed by atoms with van der Waals surface area (Å²) in [6, 6.07) is 3.75. The summed E-state index contributed by atoms with van der Waals surface area (Å²) < 4.78 is 4.74. The average molecular weight is 221 g/mol. The second-order valence-electron chi connectivity index (χ2n) is 3.16. The number of hydrogen-bond donors (Lipinski definition) is 3. The van der Waals surface area contributed by atoms with Crippen LogP contribution in [0.4, 0.5) is 0 Å². The number of carbonyl (C=O) groups excluding carboxylic acids is 1. The van der Waals surface area contributed by atoms with Crippen LogP contribution in [0.15, 0.2) is 27.4 Å². The topological polar surface area (TPSA) is 114 Å². The van der Waals surface area contributed by atoms with Crippen LogP contribution in [0.2, 0.25) is 0 Å². The van der Waals surface area contributed by atoms with Crippen LogP contribution in [0.5, 0.6) is 11.5 Å². The Kier molecular flexibility index (Phi) is 2.05. The first-order valence-electron chi connectivity index (χ1n) is 4.29. The standard InChI is InChI=1S/C10H7NO5/c11-9(14)7-8(13)5-2-1-4(12)3-6(5)16-10(7)15/h1-3,12-13H,(H2,11,14). The molecule has 0 saturated heterocycles. The first-order valence-corrected chi connectivity index (χ1v) is 4.29. The molecule has 0 fully saturated rings. The van der Waals surface area contributed by atoms with Crippen LogP contribution >= 0.6 is 0 Å². The van der Waals surface area contributed by atoms with Crippen molar-refractivity contribution in [3.8, 4) is 11.5 Å². The molecular weight excluding hydrogens is 214 g/mol. The Balaban J connectivity index is 2.94.